The summed E-state index contributed by atoms with van der Waals surface area (Å²) in [5.74, 6) is 2.16. The highest BCUT2D eigenvalue weighted by Gasteiger charge is 2.47. The van der Waals surface area contributed by atoms with Crippen LogP contribution in [0.4, 0.5) is 0 Å². The maximum Gasteiger partial charge on any atom is 0.275 e. The number of carbonyl (C=O) groups excluding carboxylic acids is 1. The van der Waals surface area contributed by atoms with Crippen LogP contribution in [0.2, 0.25) is 0 Å². The largest absolute Gasteiger partial charge is 0.354 e. The van der Waals surface area contributed by atoms with Gasteiger partial charge >= 0.3 is 0 Å². The van der Waals surface area contributed by atoms with Crippen molar-refractivity contribution in [2.45, 2.75) is 32.0 Å². The number of hydrogen-bond donors (Lipinski definition) is 0. The molecule has 19 heavy (non-hydrogen) atoms. The third-order valence-corrected chi connectivity index (χ3v) is 4.68. The molecule has 2 fully saturated rings. The van der Waals surface area contributed by atoms with Crippen LogP contribution >= 0.6 is 0 Å². The molecule has 7 nitrogen and oxygen atoms in total. The Hall–Kier alpha value is -0.0900. The number of nitrogens with zero attached hydrogens (tertiary/aromatic N) is 1. The fraction of sp³-hybridized carbons (Fsp3) is 0.900. The molecule has 0 radical (unpaired) electrons. The lowest BCUT2D eigenvalue weighted by Crippen LogP contribution is -2.68. The third-order valence-electron chi connectivity index (χ3n) is 3.01. The molecule has 9 heteroatoms. The standard InChI is InChI=1S/C10H18NO2S.ClHO4/c1-10(2)11-8(6-13-10)4-5-14(3)7-9(11)12;2-1(3,4)5/h8H,4-7H2,1-3H3;(H,2,3,4,5)/q+1;/p-1/t8-,14?;/m0./s1. The molecule has 0 bridgehead atoms. The summed E-state index contributed by atoms with van der Waals surface area (Å²) in [6.45, 7) is 4.70. The lowest BCUT2D eigenvalue weighted by atomic mass is 10.1. The smallest absolute Gasteiger partial charge is 0.275 e. The van der Waals surface area contributed by atoms with Gasteiger partial charge in [0.1, 0.15) is 11.5 Å². The topological polar surface area (TPSA) is 122 Å². The van der Waals surface area contributed by atoms with E-state index >= 15 is 0 Å². The number of fused-ring (bicyclic) bond motifs is 1. The molecule has 0 aromatic rings. The summed E-state index contributed by atoms with van der Waals surface area (Å²) >= 11 is 0. The number of carbonyl (C=O) groups is 1. The van der Waals surface area contributed by atoms with E-state index in [1.165, 1.54) is 5.75 Å². The van der Waals surface area contributed by atoms with Crippen LogP contribution in [0.1, 0.15) is 20.3 Å². The molecule has 0 aromatic heterocycles. The number of hydrogen-bond acceptors (Lipinski definition) is 6. The van der Waals surface area contributed by atoms with Gasteiger partial charge in [-0.25, -0.2) is 18.6 Å². The zero-order valence-electron chi connectivity index (χ0n) is 11.1. The summed E-state index contributed by atoms with van der Waals surface area (Å²) in [6.07, 6.45) is 3.29. The summed E-state index contributed by atoms with van der Waals surface area (Å²) in [5.41, 5.74) is -0.379. The first-order chi connectivity index (χ1) is 8.50. The molecule has 0 aliphatic carbocycles. The van der Waals surface area contributed by atoms with Crippen LogP contribution in [0, 0.1) is 10.2 Å². The van der Waals surface area contributed by atoms with Crippen LogP contribution in [0.15, 0.2) is 0 Å². The molecule has 2 atom stereocenters. The molecule has 2 rings (SSSR count). The van der Waals surface area contributed by atoms with Crippen LogP contribution < -0.4 is 18.6 Å². The van der Waals surface area contributed by atoms with Gasteiger partial charge in [-0.3, -0.25) is 4.79 Å². The van der Waals surface area contributed by atoms with E-state index in [1.54, 1.807) is 0 Å². The van der Waals surface area contributed by atoms with Crippen molar-refractivity contribution in [1.82, 2.24) is 4.90 Å². The summed E-state index contributed by atoms with van der Waals surface area (Å²) in [7, 11) is -4.67. The Morgan fingerprint density at radius 2 is 1.89 bits per heavy atom. The van der Waals surface area contributed by atoms with Crippen molar-refractivity contribution in [3.8, 4) is 0 Å². The van der Waals surface area contributed by atoms with Crippen molar-refractivity contribution in [3.05, 3.63) is 0 Å². The maximum atomic E-state index is 12.0. The summed E-state index contributed by atoms with van der Waals surface area (Å²) in [6, 6.07) is 0.329. The number of rotatable bonds is 0. The molecule has 1 amide bonds. The minimum absolute atomic E-state index is 0.273. The molecular weight excluding hydrogens is 298 g/mol. The van der Waals surface area contributed by atoms with E-state index in [-0.39, 0.29) is 22.5 Å². The summed E-state index contributed by atoms with van der Waals surface area (Å²) < 4.78 is 39.6. The predicted octanol–water partition coefficient (Wildman–Crippen LogP) is -4.15. The molecule has 2 saturated heterocycles. The van der Waals surface area contributed by atoms with Gasteiger partial charge < -0.3 is 9.64 Å². The van der Waals surface area contributed by atoms with Gasteiger partial charge in [-0.2, -0.15) is 0 Å². The first-order valence-corrected chi connectivity index (χ1v) is 8.88. The Balaban J connectivity index is 0.000000312. The van der Waals surface area contributed by atoms with E-state index in [0.29, 0.717) is 11.8 Å². The minimum Gasteiger partial charge on any atom is -0.354 e. The molecule has 1 unspecified atom stereocenters. The molecule has 0 spiro atoms. The second-order valence-electron chi connectivity index (χ2n) is 4.97. The SMILES string of the molecule is C[S+]1CC[C@H]2COC(C)(C)N2C(=O)C1.[O-][Cl+3]([O-])([O-])[O-]. The van der Waals surface area contributed by atoms with E-state index in [1.807, 2.05) is 18.7 Å². The average molecular weight is 316 g/mol. The number of halogens is 1. The lowest BCUT2D eigenvalue weighted by Gasteiger charge is -2.31. The first-order valence-electron chi connectivity index (χ1n) is 5.68. The van der Waals surface area contributed by atoms with Gasteiger partial charge in [0, 0.05) is 6.42 Å². The van der Waals surface area contributed by atoms with Gasteiger partial charge in [0.15, 0.2) is 5.75 Å². The van der Waals surface area contributed by atoms with Gasteiger partial charge in [-0.1, -0.05) is 0 Å². The number of ether oxygens (including phenoxy) is 1. The molecular formula is C10H18ClNO6S. The van der Waals surface area contributed by atoms with Crippen molar-refractivity contribution < 1.29 is 38.4 Å². The molecule has 0 aromatic carbocycles. The van der Waals surface area contributed by atoms with Crippen LogP contribution in [0.5, 0.6) is 0 Å². The van der Waals surface area contributed by atoms with Gasteiger partial charge in [0.25, 0.3) is 5.91 Å². The molecule has 2 aliphatic rings. The van der Waals surface area contributed by atoms with Crippen molar-refractivity contribution in [2.24, 2.45) is 0 Å². The number of amides is 1. The van der Waals surface area contributed by atoms with Crippen LogP contribution in [0.25, 0.3) is 0 Å². The maximum absolute atomic E-state index is 12.0. The molecule has 2 aliphatic heterocycles. The van der Waals surface area contributed by atoms with E-state index < -0.39 is 10.2 Å². The fourth-order valence-electron chi connectivity index (χ4n) is 2.29. The monoisotopic (exact) mass is 315 g/mol. The Morgan fingerprint density at radius 3 is 2.42 bits per heavy atom. The van der Waals surface area contributed by atoms with Gasteiger partial charge in [0.2, 0.25) is 0 Å². The van der Waals surface area contributed by atoms with E-state index in [0.717, 1.165) is 13.0 Å². The third kappa shape index (κ3) is 5.42. The van der Waals surface area contributed by atoms with Crippen molar-refractivity contribution in [1.29, 1.82) is 0 Å². The molecule has 112 valence electrons. The van der Waals surface area contributed by atoms with E-state index in [4.69, 9.17) is 23.4 Å². The summed E-state index contributed by atoms with van der Waals surface area (Å²) in [5, 5.41) is 0. The van der Waals surface area contributed by atoms with Gasteiger partial charge in [-0.15, -0.1) is 10.2 Å². The molecule has 2 heterocycles. The van der Waals surface area contributed by atoms with Crippen molar-refractivity contribution in [3.63, 3.8) is 0 Å². The summed E-state index contributed by atoms with van der Waals surface area (Å²) in [4.78, 5) is 13.9. The van der Waals surface area contributed by atoms with E-state index in [2.05, 4.69) is 6.26 Å². The minimum atomic E-state index is -4.94. The quantitative estimate of drug-likeness (QED) is 0.418. The van der Waals surface area contributed by atoms with Crippen LogP contribution in [0.3, 0.4) is 0 Å². The Morgan fingerprint density at radius 1 is 1.37 bits per heavy atom. The molecule has 0 saturated carbocycles. The zero-order valence-corrected chi connectivity index (χ0v) is 12.7. The van der Waals surface area contributed by atoms with Crippen molar-refractivity contribution in [2.75, 3.05) is 24.4 Å². The van der Waals surface area contributed by atoms with Gasteiger partial charge in [-0.05, 0) is 24.7 Å². The van der Waals surface area contributed by atoms with Gasteiger partial charge in [0.05, 0.1) is 18.9 Å². The normalized spacial score (nSPS) is 30.3. The highest BCUT2D eigenvalue weighted by molar-refractivity contribution is 7.96. The highest BCUT2D eigenvalue weighted by atomic mass is 35.7. The molecule has 0 N–H and O–H groups in total. The second kappa shape index (κ2) is 6.13. The Kier molecular flexibility index (Phi) is 5.47. The Bertz CT molecular complexity index is 328. The Labute approximate surface area is 117 Å². The fourth-order valence-corrected chi connectivity index (χ4v) is 3.67. The zero-order chi connectivity index (χ0) is 14.8. The highest BCUT2D eigenvalue weighted by Crippen LogP contribution is 2.31. The second-order valence-corrected chi connectivity index (χ2v) is 7.99. The first kappa shape index (κ1) is 17.0. The van der Waals surface area contributed by atoms with Crippen LogP contribution in [-0.2, 0) is 20.4 Å². The van der Waals surface area contributed by atoms with Crippen LogP contribution in [-0.4, -0.2) is 46.9 Å². The average Bonchev–Trinajstić information content (AvgIpc) is 2.38. The van der Waals surface area contributed by atoms with Crippen molar-refractivity contribution >= 4 is 16.8 Å². The van der Waals surface area contributed by atoms with E-state index in [9.17, 15) is 4.79 Å². The lowest BCUT2D eigenvalue weighted by molar-refractivity contribution is -2.00. The predicted molar refractivity (Wildman–Crippen MR) is 58.3 cm³/mol.